The van der Waals surface area contributed by atoms with Gasteiger partial charge in [-0.25, -0.2) is 0 Å². The van der Waals surface area contributed by atoms with Crippen molar-refractivity contribution in [1.82, 2.24) is 0 Å². The Kier molecular flexibility index (Phi) is 7.87. The lowest BCUT2D eigenvalue weighted by Crippen LogP contribution is -2.14. The number of benzene rings is 2. The highest BCUT2D eigenvalue weighted by atomic mass is 16.5. The van der Waals surface area contributed by atoms with E-state index in [1.54, 1.807) is 42.5 Å². The monoisotopic (exact) mass is 384 g/mol. The average molecular weight is 384 g/mol. The summed E-state index contributed by atoms with van der Waals surface area (Å²) in [6.45, 7) is 5.93. The molecule has 0 saturated carbocycles. The van der Waals surface area contributed by atoms with Gasteiger partial charge >= 0.3 is 0 Å². The first-order chi connectivity index (χ1) is 13.4. The Morgan fingerprint density at radius 3 is 2.36 bits per heavy atom. The molecule has 2 N–H and O–H groups in total. The Hall–Kier alpha value is -3.02. The van der Waals surface area contributed by atoms with Crippen LogP contribution in [-0.4, -0.2) is 25.0 Å². The summed E-state index contributed by atoms with van der Waals surface area (Å²) >= 11 is 0. The van der Waals surface area contributed by atoms with Crippen LogP contribution < -0.4 is 20.1 Å². The van der Waals surface area contributed by atoms with Gasteiger partial charge in [-0.1, -0.05) is 13.3 Å². The standard InChI is InChI=1S/C22H28N2O4/c1-5-6-7-21(25)24-19-13-10-17(14-20(19)27-4)23-22(26)16-8-11-18(12-9-16)28-15(2)3/h8-15H,5-7H2,1-4H3,(H,23,26)(H,24,25). The summed E-state index contributed by atoms with van der Waals surface area (Å²) in [5.41, 5.74) is 1.68. The molecule has 0 aliphatic heterocycles. The van der Waals surface area contributed by atoms with Crippen LogP contribution in [0.25, 0.3) is 0 Å². The molecule has 2 amide bonds. The van der Waals surface area contributed by atoms with Gasteiger partial charge in [-0.15, -0.1) is 0 Å². The molecule has 0 spiro atoms. The van der Waals surface area contributed by atoms with Crippen molar-refractivity contribution in [2.24, 2.45) is 0 Å². The summed E-state index contributed by atoms with van der Waals surface area (Å²) in [5.74, 6) is 0.915. The number of rotatable bonds is 9. The van der Waals surface area contributed by atoms with E-state index >= 15 is 0 Å². The lowest BCUT2D eigenvalue weighted by Gasteiger charge is -2.13. The van der Waals surface area contributed by atoms with E-state index in [2.05, 4.69) is 10.6 Å². The van der Waals surface area contributed by atoms with Crippen molar-refractivity contribution < 1.29 is 19.1 Å². The Morgan fingerprint density at radius 2 is 1.75 bits per heavy atom. The zero-order chi connectivity index (χ0) is 20.5. The molecule has 0 aromatic heterocycles. The molecule has 6 nitrogen and oxygen atoms in total. The summed E-state index contributed by atoms with van der Waals surface area (Å²) in [6, 6.07) is 12.1. The number of anilines is 2. The third-order valence-electron chi connectivity index (χ3n) is 3.98. The molecule has 0 heterocycles. The smallest absolute Gasteiger partial charge is 0.255 e. The number of amides is 2. The van der Waals surface area contributed by atoms with Crippen molar-refractivity contribution in [3.05, 3.63) is 48.0 Å². The van der Waals surface area contributed by atoms with Gasteiger partial charge in [0.1, 0.15) is 11.5 Å². The molecule has 0 radical (unpaired) electrons. The third kappa shape index (κ3) is 6.30. The minimum Gasteiger partial charge on any atom is -0.494 e. The molecular formula is C22H28N2O4. The highest BCUT2D eigenvalue weighted by Gasteiger charge is 2.11. The van der Waals surface area contributed by atoms with Crippen LogP contribution in [0.4, 0.5) is 11.4 Å². The number of carbonyl (C=O) groups is 2. The second-order valence-corrected chi connectivity index (χ2v) is 6.71. The van der Waals surface area contributed by atoms with E-state index in [4.69, 9.17) is 9.47 Å². The summed E-state index contributed by atoms with van der Waals surface area (Å²) in [4.78, 5) is 24.4. The maximum Gasteiger partial charge on any atom is 0.255 e. The second-order valence-electron chi connectivity index (χ2n) is 6.71. The summed E-state index contributed by atoms with van der Waals surface area (Å²) in [7, 11) is 1.52. The molecule has 0 unspecified atom stereocenters. The van der Waals surface area contributed by atoms with Crippen molar-refractivity contribution in [1.29, 1.82) is 0 Å². The maximum absolute atomic E-state index is 12.5. The lowest BCUT2D eigenvalue weighted by atomic mass is 10.2. The van der Waals surface area contributed by atoms with Gasteiger partial charge in [0.15, 0.2) is 0 Å². The first kappa shape index (κ1) is 21.3. The van der Waals surface area contributed by atoms with Crippen LogP contribution in [0.1, 0.15) is 50.4 Å². The van der Waals surface area contributed by atoms with E-state index in [1.807, 2.05) is 20.8 Å². The fraction of sp³-hybridized carbons (Fsp3) is 0.364. The molecule has 0 atom stereocenters. The molecule has 2 aromatic rings. The Labute approximate surface area is 166 Å². The summed E-state index contributed by atoms with van der Waals surface area (Å²) in [6.07, 6.45) is 2.34. The van der Waals surface area contributed by atoms with Crippen molar-refractivity contribution >= 4 is 23.2 Å². The molecular weight excluding hydrogens is 356 g/mol. The van der Waals surface area contributed by atoms with Gasteiger partial charge in [-0.05, 0) is 56.7 Å². The van der Waals surface area contributed by atoms with Crippen LogP contribution in [0.15, 0.2) is 42.5 Å². The molecule has 28 heavy (non-hydrogen) atoms. The van der Waals surface area contributed by atoms with Crippen LogP contribution in [0.2, 0.25) is 0 Å². The van der Waals surface area contributed by atoms with E-state index in [9.17, 15) is 9.59 Å². The first-order valence-electron chi connectivity index (χ1n) is 9.49. The van der Waals surface area contributed by atoms with Crippen LogP contribution in [0.5, 0.6) is 11.5 Å². The maximum atomic E-state index is 12.5. The minimum atomic E-state index is -0.238. The Bertz CT molecular complexity index is 801. The quantitative estimate of drug-likeness (QED) is 0.647. The largest absolute Gasteiger partial charge is 0.494 e. The second kappa shape index (κ2) is 10.3. The van der Waals surface area contributed by atoms with Crippen LogP contribution in [-0.2, 0) is 4.79 Å². The number of carbonyl (C=O) groups excluding carboxylic acids is 2. The first-order valence-corrected chi connectivity index (χ1v) is 9.49. The zero-order valence-electron chi connectivity index (χ0n) is 16.9. The van der Waals surface area contributed by atoms with Gasteiger partial charge in [-0.3, -0.25) is 9.59 Å². The van der Waals surface area contributed by atoms with E-state index in [1.165, 1.54) is 7.11 Å². The number of unbranched alkanes of at least 4 members (excludes halogenated alkanes) is 1. The predicted molar refractivity (Wildman–Crippen MR) is 111 cm³/mol. The van der Waals surface area contributed by atoms with Crippen LogP contribution in [0.3, 0.4) is 0 Å². The molecule has 2 rings (SSSR count). The van der Waals surface area contributed by atoms with Crippen molar-refractivity contribution in [3.63, 3.8) is 0 Å². The van der Waals surface area contributed by atoms with Gasteiger partial charge in [0.05, 0.1) is 18.9 Å². The molecule has 0 bridgehead atoms. The lowest BCUT2D eigenvalue weighted by molar-refractivity contribution is -0.116. The van der Waals surface area contributed by atoms with Crippen molar-refractivity contribution in [2.75, 3.05) is 17.7 Å². The Balaban J connectivity index is 2.05. The van der Waals surface area contributed by atoms with Crippen molar-refractivity contribution in [3.8, 4) is 11.5 Å². The van der Waals surface area contributed by atoms with E-state index < -0.39 is 0 Å². The Morgan fingerprint density at radius 1 is 1.04 bits per heavy atom. The highest BCUT2D eigenvalue weighted by molar-refractivity contribution is 6.04. The topological polar surface area (TPSA) is 76.7 Å². The van der Waals surface area contributed by atoms with Gasteiger partial charge in [-0.2, -0.15) is 0 Å². The molecule has 6 heteroatoms. The van der Waals surface area contributed by atoms with E-state index in [0.717, 1.165) is 18.6 Å². The number of hydrogen-bond acceptors (Lipinski definition) is 4. The molecule has 2 aromatic carbocycles. The molecule has 0 fully saturated rings. The fourth-order valence-corrected chi connectivity index (χ4v) is 2.58. The number of ether oxygens (including phenoxy) is 2. The number of hydrogen-bond donors (Lipinski definition) is 2. The number of methoxy groups -OCH3 is 1. The van der Waals surface area contributed by atoms with E-state index in [0.29, 0.717) is 29.1 Å². The predicted octanol–water partition coefficient (Wildman–Crippen LogP) is 4.86. The molecule has 0 aliphatic carbocycles. The van der Waals surface area contributed by atoms with Gasteiger partial charge < -0.3 is 20.1 Å². The van der Waals surface area contributed by atoms with Gasteiger partial charge in [0.2, 0.25) is 5.91 Å². The van der Waals surface area contributed by atoms with Crippen molar-refractivity contribution in [2.45, 2.75) is 46.1 Å². The van der Waals surface area contributed by atoms with Crippen LogP contribution in [0, 0.1) is 0 Å². The third-order valence-corrected chi connectivity index (χ3v) is 3.98. The van der Waals surface area contributed by atoms with Gasteiger partial charge in [0, 0.05) is 23.7 Å². The molecule has 0 aliphatic rings. The zero-order valence-corrected chi connectivity index (χ0v) is 16.9. The molecule has 0 saturated heterocycles. The normalized spacial score (nSPS) is 10.5. The SMILES string of the molecule is CCCCC(=O)Nc1ccc(NC(=O)c2ccc(OC(C)C)cc2)cc1OC. The average Bonchev–Trinajstić information content (AvgIpc) is 2.67. The summed E-state index contributed by atoms with van der Waals surface area (Å²) < 4.78 is 10.9. The fourth-order valence-electron chi connectivity index (χ4n) is 2.58. The minimum absolute atomic E-state index is 0.0550. The van der Waals surface area contributed by atoms with Crippen LogP contribution >= 0.6 is 0 Å². The molecule has 150 valence electrons. The van der Waals surface area contributed by atoms with E-state index in [-0.39, 0.29) is 17.9 Å². The highest BCUT2D eigenvalue weighted by Crippen LogP contribution is 2.28. The summed E-state index contributed by atoms with van der Waals surface area (Å²) in [5, 5.41) is 5.68. The number of nitrogens with one attached hydrogen (secondary N) is 2. The van der Waals surface area contributed by atoms with Gasteiger partial charge in [0.25, 0.3) is 5.91 Å².